The van der Waals surface area contributed by atoms with Crippen LogP contribution in [0.5, 0.6) is 5.75 Å². The van der Waals surface area contributed by atoms with Gasteiger partial charge in [0.2, 0.25) is 11.8 Å². The van der Waals surface area contributed by atoms with E-state index in [0.29, 0.717) is 72.8 Å². The van der Waals surface area contributed by atoms with Crippen LogP contribution in [0.15, 0.2) is 127 Å². The Labute approximate surface area is 448 Å². The number of hydrogen-bond donors (Lipinski definition) is 4. The van der Waals surface area contributed by atoms with E-state index in [-0.39, 0.29) is 24.5 Å². The summed E-state index contributed by atoms with van der Waals surface area (Å²) < 4.78 is 23.4. The zero-order valence-electron chi connectivity index (χ0n) is 43.6. The highest BCUT2D eigenvalue weighted by atomic mass is 16.6. The number of carbonyl (C=O) groups is 5. The summed E-state index contributed by atoms with van der Waals surface area (Å²) in [5.74, 6) is 1.52. The van der Waals surface area contributed by atoms with Gasteiger partial charge in [0.1, 0.15) is 41.6 Å². The summed E-state index contributed by atoms with van der Waals surface area (Å²) in [6, 6.07) is 32.2. The first-order valence-electron chi connectivity index (χ1n) is 26.6. The number of ether oxygens (including phenoxy) is 4. The molecule has 5 aromatic rings. The molecule has 5 aliphatic rings. The Bertz CT molecular complexity index is 3040. The van der Waals surface area contributed by atoms with Gasteiger partial charge >= 0.3 is 18.0 Å². The van der Waals surface area contributed by atoms with Crippen molar-refractivity contribution in [1.29, 1.82) is 0 Å². The second-order valence-electron chi connectivity index (χ2n) is 20.8. The number of aliphatic hydroxyl groups is 2. The van der Waals surface area contributed by atoms with Crippen LogP contribution in [0.2, 0.25) is 0 Å². The van der Waals surface area contributed by atoms with Crippen LogP contribution in [0.3, 0.4) is 0 Å². The molecular formula is C61H65N5O11. The topological polar surface area (TPSA) is 197 Å². The van der Waals surface area contributed by atoms with Gasteiger partial charge in [0, 0.05) is 30.0 Å². The van der Waals surface area contributed by atoms with E-state index in [4.69, 9.17) is 18.9 Å². The van der Waals surface area contributed by atoms with Crippen LogP contribution in [-0.4, -0.2) is 109 Å². The van der Waals surface area contributed by atoms with E-state index in [9.17, 15) is 15.0 Å². The number of carbonyl (C=O) groups excluding carboxylic acids is 5. The summed E-state index contributed by atoms with van der Waals surface area (Å²) >= 11 is 0. The Balaban J connectivity index is 1.25. The molecular weight excluding hydrogens is 979 g/mol. The van der Waals surface area contributed by atoms with Gasteiger partial charge in [-0.2, -0.15) is 0 Å². The number of fused-ring (bicyclic) bond motifs is 3. The fourth-order valence-corrected chi connectivity index (χ4v) is 12.2. The number of aliphatic hydroxyl groups excluding tert-OH is 1. The first-order valence-corrected chi connectivity index (χ1v) is 26.6. The third-order valence-corrected chi connectivity index (χ3v) is 15.8. The molecule has 10 rings (SSSR count). The number of cyclic esters (lactones) is 1. The second kappa shape index (κ2) is 22.6. The van der Waals surface area contributed by atoms with Crippen LogP contribution >= 0.6 is 0 Å². The molecule has 1 spiro atoms. The maximum absolute atomic E-state index is 16.9. The van der Waals surface area contributed by atoms with Crippen molar-refractivity contribution in [2.75, 3.05) is 61.7 Å². The van der Waals surface area contributed by atoms with Gasteiger partial charge in [0.05, 0.1) is 50.6 Å². The number of anilines is 3. The molecule has 0 aromatic heterocycles. The zero-order valence-corrected chi connectivity index (χ0v) is 43.6. The first-order chi connectivity index (χ1) is 37.4. The fraction of sp³-hybridized carbons (Fsp3) is 0.393. The molecule has 3 saturated heterocycles. The molecule has 0 radical (unpaired) electrons. The average molecular weight is 1040 g/mol. The van der Waals surface area contributed by atoms with E-state index in [2.05, 4.69) is 27.4 Å². The molecule has 1 aliphatic carbocycles. The number of morpholine rings is 2. The maximum atomic E-state index is 16.9. The van der Waals surface area contributed by atoms with Gasteiger partial charge in [-0.1, -0.05) is 111 Å². The first kappa shape index (κ1) is 52.9. The van der Waals surface area contributed by atoms with Crippen molar-refractivity contribution in [1.82, 2.24) is 10.2 Å². The van der Waals surface area contributed by atoms with Crippen LogP contribution in [0.4, 0.5) is 21.9 Å². The highest BCUT2D eigenvalue weighted by Crippen LogP contribution is 2.66. The quantitative estimate of drug-likeness (QED) is 0.0544. The molecule has 5 aromatic carbocycles. The number of hydrogen-bond acceptors (Lipinski definition) is 13. The smallest absolute Gasteiger partial charge is 0.329 e. The van der Waals surface area contributed by atoms with Gasteiger partial charge in [-0.15, -0.1) is 0 Å². The highest BCUT2D eigenvalue weighted by Gasteiger charge is 2.75. The zero-order chi connectivity index (χ0) is 53.8. The fourth-order valence-electron chi connectivity index (χ4n) is 12.2. The van der Waals surface area contributed by atoms with Crippen LogP contribution in [0.25, 0.3) is 0 Å². The number of urea groups is 1. The van der Waals surface area contributed by atoms with Crippen LogP contribution < -0.4 is 25.2 Å². The number of nitrogens with zero attached hydrogens (tertiary/aromatic N) is 3. The van der Waals surface area contributed by atoms with Crippen LogP contribution in [-0.2, 0) is 38.8 Å². The third kappa shape index (κ3) is 10.2. The third-order valence-electron chi connectivity index (χ3n) is 15.8. The van der Waals surface area contributed by atoms with E-state index < -0.39 is 82.9 Å². The predicted molar refractivity (Wildman–Crippen MR) is 288 cm³/mol. The Morgan fingerprint density at radius 1 is 0.805 bits per heavy atom. The van der Waals surface area contributed by atoms with Gasteiger partial charge in [-0.05, 0) is 108 Å². The molecule has 400 valence electrons. The summed E-state index contributed by atoms with van der Waals surface area (Å²) in [6.45, 7) is 5.64. The standard InChI is InChI=1S/C61H65N5O11/c1-39(2)50(56(69)74-3)63-59(72)65-48-26-21-40(27-30-60(73)28-12-4-5-13-29-60)37-47(48)61(58(65)71)49(55(68)62-44-22-24-45(25-23-44)64-31-34-75-35-32-64)52-57(70)77-53(42-17-10-7-11-18-42)51(41-15-8-6-9-16-41)66(52)54(61)43-19-14-20-46(38-43)76-36-33-67/h6-11,14-26,37-39,49-54,67,73H,4-5,12-13,28-29,31-36H2,1-3H3,(H,62,68)(H,63,72)/t49-,50+,51-,52-,53+,54+,61-/m1/s1. The molecule has 4 amide bonds. The van der Waals surface area contributed by atoms with Gasteiger partial charge in [-0.3, -0.25) is 19.3 Å². The molecule has 4 heterocycles. The molecule has 77 heavy (non-hydrogen) atoms. The lowest BCUT2D eigenvalue weighted by atomic mass is 9.65. The average Bonchev–Trinajstić information content (AvgIpc) is 3.19. The Hall–Kier alpha value is -7.55. The molecule has 16 nitrogen and oxygen atoms in total. The van der Waals surface area contributed by atoms with Crippen molar-refractivity contribution in [3.63, 3.8) is 0 Å². The largest absolute Gasteiger partial charge is 0.491 e. The number of rotatable bonds is 12. The molecule has 4 fully saturated rings. The number of nitrogens with one attached hydrogen (secondary N) is 2. The van der Waals surface area contributed by atoms with Crippen molar-refractivity contribution in [2.45, 2.75) is 93.7 Å². The minimum absolute atomic E-state index is 0.0582. The normalized spacial score (nSPS) is 24.2. The van der Waals surface area contributed by atoms with E-state index in [1.54, 1.807) is 68.4 Å². The number of esters is 2. The summed E-state index contributed by atoms with van der Waals surface area (Å²) in [4.78, 5) is 82.6. The van der Waals surface area contributed by atoms with E-state index >= 15 is 19.2 Å². The monoisotopic (exact) mass is 1040 g/mol. The SMILES string of the molecule is COC(=O)[C@@H](NC(=O)N1C(=O)[C@@]2(c3cc(C#CC4(O)CCCCCC4)ccc31)[C@H](c1cccc(OCCO)c1)N1[C@H](c3ccccc3)[C@H](c3ccccc3)OC(=O)[C@H]1[C@@H]2C(=O)Nc1ccc(N2CCOCC2)cc1)C(C)C. The number of amides is 4. The minimum atomic E-state index is -2.18. The minimum Gasteiger partial charge on any atom is -0.491 e. The molecule has 0 unspecified atom stereocenters. The molecule has 0 bridgehead atoms. The molecule has 7 atom stereocenters. The molecule has 4 aliphatic heterocycles. The lowest BCUT2D eigenvalue weighted by Crippen LogP contribution is -2.57. The van der Waals surface area contributed by atoms with E-state index in [0.717, 1.165) is 36.3 Å². The lowest BCUT2D eigenvalue weighted by molar-refractivity contribution is -0.177. The Kier molecular flexibility index (Phi) is 15.5. The van der Waals surface area contributed by atoms with Gasteiger partial charge in [0.15, 0.2) is 0 Å². The van der Waals surface area contributed by atoms with Crippen molar-refractivity contribution < 1.29 is 53.1 Å². The van der Waals surface area contributed by atoms with Crippen molar-refractivity contribution in [3.05, 3.63) is 155 Å². The van der Waals surface area contributed by atoms with Gasteiger partial charge in [-0.25, -0.2) is 14.5 Å². The van der Waals surface area contributed by atoms with Gasteiger partial charge in [0.25, 0.3) is 0 Å². The van der Waals surface area contributed by atoms with Crippen molar-refractivity contribution >= 4 is 46.8 Å². The van der Waals surface area contributed by atoms with E-state index in [1.165, 1.54) is 7.11 Å². The maximum Gasteiger partial charge on any atom is 0.329 e. The van der Waals surface area contributed by atoms with Gasteiger partial charge < -0.3 is 44.7 Å². The Morgan fingerprint density at radius 2 is 1.48 bits per heavy atom. The predicted octanol–water partition coefficient (Wildman–Crippen LogP) is 7.54. The summed E-state index contributed by atoms with van der Waals surface area (Å²) in [5, 5.41) is 27.7. The van der Waals surface area contributed by atoms with Crippen molar-refractivity contribution in [3.8, 4) is 17.6 Å². The van der Waals surface area contributed by atoms with Crippen molar-refractivity contribution in [2.24, 2.45) is 11.8 Å². The second-order valence-corrected chi connectivity index (χ2v) is 20.8. The highest BCUT2D eigenvalue weighted by molar-refractivity contribution is 6.25. The summed E-state index contributed by atoms with van der Waals surface area (Å²) in [6.07, 6.45) is 3.53. The number of methoxy groups -OCH3 is 1. The molecule has 1 saturated carbocycles. The Morgan fingerprint density at radius 3 is 2.14 bits per heavy atom. The lowest BCUT2D eigenvalue weighted by Gasteiger charge is -2.46. The summed E-state index contributed by atoms with van der Waals surface area (Å²) in [7, 11) is 1.21. The van der Waals surface area contributed by atoms with Crippen LogP contribution in [0.1, 0.15) is 98.4 Å². The van der Waals surface area contributed by atoms with Crippen LogP contribution in [0, 0.1) is 23.7 Å². The summed E-state index contributed by atoms with van der Waals surface area (Å²) in [5.41, 5.74) is 0.334. The number of imide groups is 1. The molecule has 16 heteroatoms. The number of benzene rings is 5. The molecule has 4 N–H and O–H groups in total. The van der Waals surface area contributed by atoms with E-state index in [1.807, 2.05) is 77.7 Å².